The van der Waals surface area contributed by atoms with Crippen LogP contribution in [0, 0.1) is 12.7 Å². The predicted molar refractivity (Wildman–Crippen MR) is 105 cm³/mol. The van der Waals surface area contributed by atoms with Crippen molar-refractivity contribution >= 4 is 22.5 Å². The maximum absolute atomic E-state index is 14.5. The first-order valence-corrected chi connectivity index (χ1v) is 9.34. The van der Waals surface area contributed by atoms with Crippen LogP contribution >= 0.6 is 0 Å². The molecule has 2 aromatic heterocycles. The van der Waals surface area contributed by atoms with Gasteiger partial charge < -0.3 is 15.2 Å². The zero-order valence-electron chi connectivity index (χ0n) is 16.0. The molecular weight excluding hydrogens is 383 g/mol. The summed E-state index contributed by atoms with van der Waals surface area (Å²) in [6.07, 6.45) is -1.88. The fourth-order valence-corrected chi connectivity index (χ4v) is 3.44. The second-order valence-corrected chi connectivity index (χ2v) is 7.12. The van der Waals surface area contributed by atoms with Gasteiger partial charge in [-0.05, 0) is 26.3 Å². The lowest BCUT2D eigenvalue weighted by atomic mass is 10.0. The van der Waals surface area contributed by atoms with E-state index in [0.29, 0.717) is 28.4 Å². The van der Waals surface area contributed by atoms with Gasteiger partial charge in [0.15, 0.2) is 0 Å². The number of halogens is 3. The number of aryl methyl sites for hydroxylation is 1. The van der Waals surface area contributed by atoms with Gasteiger partial charge >= 0.3 is 0 Å². The monoisotopic (exact) mass is 403 g/mol. The molecule has 1 aliphatic heterocycles. The molecule has 2 N–H and O–H groups in total. The number of aromatic amines is 1. The van der Waals surface area contributed by atoms with Gasteiger partial charge in [0.1, 0.15) is 28.8 Å². The third kappa shape index (κ3) is 3.52. The summed E-state index contributed by atoms with van der Waals surface area (Å²) in [4.78, 5) is 25.8. The van der Waals surface area contributed by atoms with Crippen LogP contribution < -0.4 is 15.8 Å². The number of anilines is 2. The summed E-state index contributed by atoms with van der Waals surface area (Å²) in [6, 6.07) is 5.02. The molecule has 9 heteroatoms. The number of fused-ring (bicyclic) bond motifs is 1. The van der Waals surface area contributed by atoms with Gasteiger partial charge in [0, 0.05) is 18.7 Å². The molecule has 3 heterocycles. The zero-order chi connectivity index (χ0) is 20.7. The summed E-state index contributed by atoms with van der Waals surface area (Å²) in [5, 5.41) is 3.67. The molecular formula is C20H20F3N5O. The number of benzene rings is 1. The van der Waals surface area contributed by atoms with Gasteiger partial charge in [-0.2, -0.15) is 0 Å². The first kappa shape index (κ1) is 19.2. The van der Waals surface area contributed by atoms with Gasteiger partial charge in [-0.3, -0.25) is 4.79 Å². The van der Waals surface area contributed by atoms with Gasteiger partial charge in [-0.25, -0.2) is 23.1 Å². The van der Waals surface area contributed by atoms with Crippen LogP contribution in [-0.2, 0) is 0 Å². The number of nitrogens with zero attached hydrogens (tertiary/aromatic N) is 3. The smallest absolute Gasteiger partial charge is 0.273 e. The Labute approximate surface area is 164 Å². The molecule has 29 heavy (non-hydrogen) atoms. The van der Waals surface area contributed by atoms with Crippen molar-refractivity contribution in [2.24, 2.45) is 0 Å². The standard InChI is InChI=1S/C20H20F3N5O/c1-10(12-5-3-6-13(16(12)21)17(22)23)24-18-14-9-15(28-7-4-8-28)20(29)27-19(14)26-11(2)25-18/h3,5-6,9-10,17H,4,7-8H2,1-2H3,(H2,24,25,26,27,29). The number of H-pyrrole nitrogens is 1. The average Bonchev–Trinajstić information content (AvgIpc) is 2.61. The van der Waals surface area contributed by atoms with Gasteiger partial charge in [0.05, 0.1) is 17.0 Å². The summed E-state index contributed by atoms with van der Waals surface area (Å²) >= 11 is 0. The van der Waals surface area contributed by atoms with Crippen molar-refractivity contribution in [1.29, 1.82) is 0 Å². The minimum Gasteiger partial charge on any atom is -0.367 e. The molecule has 3 aromatic rings. The zero-order valence-corrected chi connectivity index (χ0v) is 16.0. The summed E-state index contributed by atoms with van der Waals surface area (Å²) in [5.41, 5.74) is 0.134. The molecule has 1 unspecified atom stereocenters. The van der Waals surface area contributed by atoms with E-state index in [-0.39, 0.29) is 11.1 Å². The van der Waals surface area contributed by atoms with Crippen LogP contribution in [0.1, 0.15) is 42.8 Å². The highest BCUT2D eigenvalue weighted by atomic mass is 19.3. The number of pyridine rings is 1. The molecule has 1 saturated heterocycles. The summed E-state index contributed by atoms with van der Waals surface area (Å²) in [6.45, 7) is 4.94. The van der Waals surface area contributed by atoms with Crippen LogP contribution in [-0.4, -0.2) is 28.0 Å². The molecule has 0 saturated carbocycles. The van der Waals surface area contributed by atoms with E-state index in [0.717, 1.165) is 25.6 Å². The van der Waals surface area contributed by atoms with Crippen molar-refractivity contribution in [1.82, 2.24) is 15.0 Å². The Hall–Kier alpha value is -3.10. The molecule has 1 aliphatic rings. The molecule has 152 valence electrons. The van der Waals surface area contributed by atoms with E-state index in [4.69, 9.17) is 0 Å². The van der Waals surface area contributed by atoms with E-state index < -0.39 is 23.8 Å². The fraction of sp³-hybridized carbons (Fsp3) is 0.350. The van der Waals surface area contributed by atoms with Gasteiger partial charge in [0.2, 0.25) is 0 Å². The molecule has 0 spiro atoms. The Balaban J connectivity index is 1.76. The second kappa shape index (κ2) is 7.38. The Morgan fingerprint density at radius 2 is 1.93 bits per heavy atom. The highest BCUT2D eigenvalue weighted by molar-refractivity contribution is 5.89. The third-order valence-electron chi connectivity index (χ3n) is 5.11. The van der Waals surface area contributed by atoms with E-state index in [1.807, 2.05) is 4.90 Å². The van der Waals surface area contributed by atoms with E-state index in [1.54, 1.807) is 19.9 Å². The van der Waals surface area contributed by atoms with E-state index in [1.165, 1.54) is 12.1 Å². The third-order valence-corrected chi connectivity index (χ3v) is 5.11. The maximum atomic E-state index is 14.5. The van der Waals surface area contributed by atoms with E-state index >= 15 is 0 Å². The molecule has 4 rings (SSSR count). The minimum atomic E-state index is -2.89. The van der Waals surface area contributed by atoms with Gasteiger partial charge in [-0.15, -0.1) is 0 Å². The molecule has 1 fully saturated rings. The van der Waals surface area contributed by atoms with Crippen LogP contribution in [0.4, 0.5) is 24.7 Å². The number of aromatic nitrogens is 3. The first-order valence-electron chi connectivity index (χ1n) is 9.34. The number of alkyl halides is 2. The Morgan fingerprint density at radius 1 is 1.21 bits per heavy atom. The van der Waals surface area contributed by atoms with Crippen LogP contribution in [0.3, 0.4) is 0 Å². The fourth-order valence-electron chi connectivity index (χ4n) is 3.44. The molecule has 0 bridgehead atoms. The maximum Gasteiger partial charge on any atom is 0.273 e. The van der Waals surface area contributed by atoms with Crippen LogP contribution in [0.25, 0.3) is 11.0 Å². The van der Waals surface area contributed by atoms with Crippen molar-refractivity contribution in [2.45, 2.75) is 32.7 Å². The molecule has 1 atom stereocenters. The van der Waals surface area contributed by atoms with Crippen LogP contribution in [0.15, 0.2) is 29.1 Å². The molecule has 0 aliphatic carbocycles. The number of rotatable bonds is 5. The largest absolute Gasteiger partial charge is 0.367 e. The van der Waals surface area contributed by atoms with Crippen molar-refractivity contribution in [3.05, 3.63) is 57.4 Å². The number of hydrogen-bond acceptors (Lipinski definition) is 5. The highest BCUT2D eigenvalue weighted by Gasteiger charge is 2.22. The lowest BCUT2D eigenvalue weighted by Crippen LogP contribution is -2.40. The summed E-state index contributed by atoms with van der Waals surface area (Å²) in [7, 11) is 0. The minimum absolute atomic E-state index is 0.111. The topological polar surface area (TPSA) is 73.9 Å². The first-order chi connectivity index (χ1) is 13.8. The number of nitrogens with one attached hydrogen (secondary N) is 2. The summed E-state index contributed by atoms with van der Waals surface area (Å²) in [5.74, 6) is -0.117. The van der Waals surface area contributed by atoms with Crippen LogP contribution in [0.2, 0.25) is 0 Å². The van der Waals surface area contributed by atoms with E-state index in [9.17, 15) is 18.0 Å². The molecule has 6 nitrogen and oxygen atoms in total. The summed E-state index contributed by atoms with van der Waals surface area (Å²) < 4.78 is 40.6. The Bertz CT molecular complexity index is 1130. The average molecular weight is 403 g/mol. The Morgan fingerprint density at radius 3 is 2.59 bits per heavy atom. The van der Waals surface area contributed by atoms with Crippen molar-refractivity contribution in [3.8, 4) is 0 Å². The lowest BCUT2D eigenvalue weighted by molar-refractivity contribution is 0.146. The van der Waals surface area contributed by atoms with Crippen molar-refractivity contribution < 1.29 is 13.2 Å². The molecule has 1 aromatic carbocycles. The predicted octanol–water partition coefficient (Wildman–Crippen LogP) is 4.09. The van der Waals surface area contributed by atoms with Crippen LogP contribution in [0.5, 0.6) is 0 Å². The lowest BCUT2D eigenvalue weighted by Gasteiger charge is -2.32. The highest BCUT2D eigenvalue weighted by Crippen LogP contribution is 2.30. The molecule has 0 amide bonds. The Kier molecular flexibility index (Phi) is 4.89. The van der Waals surface area contributed by atoms with E-state index in [2.05, 4.69) is 20.3 Å². The normalized spacial score (nSPS) is 14.9. The quantitative estimate of drug-likeness (QED) is 0.671. The second-order valence-electron chi connectivity index (χ2n) is 7.12. The van der Waals surface area contributed by atoms with Crippen molar-refractivity contribution in [2.75, 3.05) is 23.3 Å². The SMILES string of the molecule is Cc1nc(NC(C)c2cccc(C(F)F)c2F)c2cc(N3CCC3)c(=O)[nH]c2n1. The van der Waals surface area contributed by atoms with Gasteiger partial charge in [0.25, 0.3) is 12.0 Å². The number of hydrogen-bond donors (Lipinski definition) is 2. The van der Waals surface area contributed by atoms with Gasteiger partial charge in [-0.1, -0.05) is 18.2 Å². The van der Waals surface area contributed by atoms with Crippen molar-refractivity contribution in [3.63, 3.8) is 0 Å². The molecule has 0 radical (unpaired) electrons.